The number of ether oxygens (including phenoxy) is 1. The molecule has 2 fully saturated rings. The van der Waals surface area contributed by atoms with Crippen LogP contribution < -0.4 is 0 Å². The topological polar surface area (TPSA) is 21.8 Å². The van der Waals surface area contributed by atoms with E-state index in [1.807, 2.05) is 0 Å². The van der Waals surface area contributed by atoms with Gasteiger partial charge in [-0.25, -0.2) is 0 Å². The largest absolute Gasteiger partial charge is 0.423 e. The lowest BCUT2D eigenvalue weighted by Gasteiger charge is -2.34. The van der Waals surface area contributed by atoms with Gasteiger partial charge in [-0.15, -0.1) is 0 Å². The smallest absolute Gasteiger partial charge is 0.146 e. The van der Waals surface area contributed by atoms with E-state index < -0.39 is 0 Å². The highest BCUT2D eigenvalue weighted by Gasteiger charge is 2.43. The van der Waals surface area contributed by atoms with Crippen molar-refractivity contribution in [3.8, 4) is 0 Å². The highest BCUT2D eigenvalue weighted by atomic mass is 28.2. The molecular formula is C14H28O2Si. The van der Waals surface area contributed by atoms with E-state index in [9.17, 15) is 0 Å². The Morgan fingerprint density at radius 3 is 2.71 bits per heavy atom. The fourth-order valence-corrected chi connectivity index (χ4v) is 3.73. The molecule has 0 N–H and O–H groups in total. The fraction of sp³-hybridized carbons (Fsp3) is 1.00. The number of hydrogen-bond acceptors (Lipinski definition) is 2. The SMILES string of the molecule is CCC(CCC1CCC2OC2C1)C(C)(C)O[SiH3]. The van der Waals surface area contributed by atoms with Crippen molar-refractivity contribution < 1.29 is 9.16 Å². The summed E-state index contributed by atoms with van der Waals surface area (Å²) in [5.41, 5.74) is 0.0915. The van der Waals surface area contributed by atoms with Crippen LogP contribution in [0.5, 0.6) is 0 Å². The Kier molecular flexibility index (Phi) is 4.32. The maximum atomic E-state index is 5.77. The van der Waals surface area contributed by atoms with Crippen LogP contribution >= 0.6 is 0 Å². The zero-order valence-corrected chi connectivity index (χ0v) is 13.9. The second-order valence-electron chi connectivity index (χ2n) is 6.38. The van der Waals surface area contributed by atoms with Crippen LogP contribution in [0.4, 0.5) is 0 Å². The molecule has 1 aliphatic heterocycles. The van der Waals surface area contributed by atoms with Crippen molar-refractivity contribution in [1.29, 1.82) is 0 Å². The molecule has 0 amide bonds. The summed E-state index contributed by atoms with van der Waals surface area (Å²) >= 11 is 0. The van der Waals surface area contributed by atoms with Crippen LogP contribution in [0.3, 0.4) is 0 Å². The molecule has 2 aliphatic rings. The van der Waals surface area contributed by atoms with Crippen LogP contribution in [0.25, 0.3) is 0 Å². The van der Waals surface area contributed by atoms with Crippen molar-refractivity contribution in [2.24, 2.45) is 11.8 Å². The third-order valence-electron chi connectivity index (χ3n) is 5.04. The minimum absolute atomic E-state index is 0.0915. The molecule has 0 spiro atoms. The molecule has 0 radical (unpaired) electrons. The van der Waals surface area contributed by atoms with Crippen molar-refractivity contribution in [1.82, 2.24) is 0 Å². The Labute approximate surface area is 109 Å². The van der Waals surface area contributed by atoms with Gasteiger partial charge in [0, 0.05) is 0 Å². The summed E-state index contributed by atoms with van der Waals surface area (Å²) in [5, 5.41) is 0. The predicted octanol–water partition coefficient (Wildman–Crippen LogP) is 2.44. The molecule has 0 aromatic carbocycles. The maximum absolute atomic E-state index is 5.77. The molecule has 2 nitrogen and oxygen atoms in total. The monoisotopic (exact) mass is 256 g/mol. The summed E-state index contributed by atoms with van der Waals surface area (Å²) in [4.78, 5) is 0. The van der Waals surface area contributed by atoms with Gasteiger partial charge in [-0.05, 0) is 57.8 Å². The predicted molar refractivity (Wildman–Crippen MR) is 74.1 cm³/mol. The normalized spacial score (nSPS) is 34.4. The van der Waals surface area contributed by atoms with Gasteiger partial charge in [-0.1, -0.05) is 13.3 Å². The second-order valence-corrected chi connectivity index (χ2v) is 6.79. The first-order valence-electron chi connectivity index (χ1n) is 7.27. The van der Waals surface area contributed by atoms with Crippen molar-refractivity contribution in [3.05, 3.63) is 0 Å². The number of hydrogen-bond donors (Lipinski definition) is 0. The van der Waals surface area contributed by atoms with E-state index >= 15 is 0 Å². The first kappa shape index (κ1) is 13.6. The van der Waals surface area contributed by atoms with Crippen molar-refractivity contribution in [3.63, 3.8) is 0 Å². The van der Waals surface area contributed by atoms with Crippen LogP contribution in [0.15, 0.2) is 0 Å². The summed E-state index contributed by atoms with van der Waals surface area (Å²) in [6.07, 6.45) is 9.25. The van der Waals surface area contributed by atoms with Gasteiger partial charge in [0.1, 0.15) is 10.5 Å². The zero-order valence-electron chi connectivity index (χ0n) is 11.9. The molecule has 0 aromatic rings. The van der Waals surface area contributed by atoms with Crippen LogP contribution in [0.1, 0.15) is 59.3 Å². The molecule has 1 saturated heterocycles. The van der Waals surface area contributed by atoms with Crippen molar-refractivity contribution >= 4 is 10.5 Å². The number of epoxide rings is 1. The van der Waals surface area contributed by atoms with E-state index in [4.69, 9.17) is 9.16 Å². The molecule has 2 rings (SSSR count). The molecule has 1 heterocycles. The Hall–Kier alpha value is 0.137. The summed E-state index contributed by atoms with van der Waals surface area (Å²) < 4.78 is 11.4. The van der Waals surface area contributed by atoms with Crippen LogP contribution in [-0.2, 0) is 9.16 Å². The maximum Gasteiger partial charge on any atom is 0.146 e. The molecule has 17 heavy (non-hydrogen) atoms. The Balaban J connectivity index is 1.75. The molecule has 1 aliphatic carbocycles. The Morgan fingerprint density at radius 1 is 1.35 bits per heavy atom. The molecule has 4 unspecified atom stereocenters. The van der Waals surface area contributed by atoms with Gasteiger partial charge in [-0.3, -0.25) is 0 Å². The number of rotatable bonds is 6. The zero-order chi connectivity index (χ0) is 12.5. The Bertz CT molecular complexity index is 255. The van der Waals surface area contributed by atoms with Crippen molar-refractivity contribution in [2.75, 3.05) is 0 Å². The highest BCUT2D eigenvalue weighted by Crippen LogP contribution is 2.42. The van der Waals surface area contributed by atoms with E-state index in [2.05, 4.69) is 20.8 Å². The van der Waals surface area contributed by atoms with Gasteiger partial charge in [0.2, 0.25) is 0 Å². The van der Waals surface area contributed by atoms with Gasteiger partial charge in [0.25, 0.3) is 0 Å². The third-order valence-corrected chi connectivity index (χ3v) is 6.09. The highest BCUT2D eigenvalue weighted by molar-refractivity contribution is 5.98. The molecule has 3 heteroatoms. The number of fused-ring (bicyclic) bond motifs is 1. The van der Waals surface area contributed by atoms with E-state index in [0.717, 1.165) is 22.3 Å². The lowest BCUT2D eigenvalue weighted by Crippen LogP contribution is -2.34. The molecule has 4 atom stereocenters. The Morgan fingerprint density at radius 2 is 2.12 bits per heavy atom. The van der Waals surface area contributed by atoms with Gasteiger partial charge in [0.05, 0.1) is 17.8 Å². The molecule has 0 bridgehead atoms. The average molecular weight is 256 g/mol. The van der Waals surface area contributed by atoms with E-state index in [1.165, 1.54) is 38.5 Å². The van der Waals surface area contributed by atoms with Crippen LogP contribution in [-0.4, -0.2) is 28.3 Å². The first-order valence-corrected chi connectivity index (χ1v) is 8.09. The van der Waals surface area contributed by atoms with Crippen molar-refractivity contribution in [2.45, 2.75) is 77.1 Å². The summed E-state index contributed by atoms with van der Waals surface area (Å²) in [7, 11) is 0.850. The minimum atomic E-state index is 0.0915. The summed E-state index contributed by atoms with van der Waals surface area (Å²) in [5.74, 6) is 1.63. The fourth-order valence-electron chi connectivity index (χ4n) is 3.40. The molecular weight excluding hydrogens is 228 g/mol. The van der Waals surface area contributed by atoms with E-state index in [-0.39, 0.29) is 5.60 Å². The van der Waals surface area contributed by atoms with Gasteiger partial charge >= 0.3 is 0 Å². The molecule has 1 saturated carbocycles. The lowest BCUT2D eigenvalue weighted by molar-refractivity contribution is 0.0420. The standard InChI is InChI=1S/C14H28O2Si/c1-4-11(14(2,3)16-17)7-5-10-6-8-12-13(9-10)15-12/h10-13H,4-9H2,1-3,17H3. The average Bonchev–Trinajstić information content (AvgIpc) is 3.07. The van der Waals surface area contributed by atoms with Gasteiger partial charge in [0.15, 0.2) is 0 Å². The second kappa shape index (κ2) is 5.41. The lowest BCUT2D eigenvalue weighted by atomic mass is 9.79. The third kappa shape index (κ3) is 3.33. The van der Waals surface area contributed by atoms with Gasteiger partial charge in [-0.2, -0.15) is 0 Å². The van der Waals surface area contributed by atoms with E-state index in [1.54, 1.807) is 0 Å². The molecule has 100 valence electrons. The first-order chi connectivity index (χ1) is 8.06. The molecule has 0 aromatic heterocycles. The summed E-state index contributed by atoms with van der Waals surface area (Å²) in [6, 6.07) is 0. The summed E-state index contributed by atoms with van der Waals surface area (Å²) in [6.45, 7) is 6.82. The van der Waals surface area contributed by atoms with Gasteiger partial charge < -0.3 is 9.16 Å². The van der Waals surface area contributed by atoms with E-state index in [0.29, 0.717) is 12.2 Å². The quantitative estimate of drug-likeness (QED) is 0.538. The minimum Gasteiger partial charge on any atom is -0.423 e. The van der Waals surface area contributed by atoms with Crippen LogP contribution in [0.2, 0.25) is 0 Å². The van der Waals surface area contributed by atoms with Crippen LogP contribution in [0, 0.1) is 11.8 Å².